The Morgan fingerprint density at radius 3 is 0.811 bits per heavy atom. The van der Waals surface area contributed by atoms with E-state index in [0.717, 1.165) is 100 Å². The van der Waals surface area contributed by atoms with Crippen LogP contribution in [0.2, 0.25) is 0 Å². The number of hydrogen-bond acceptors (Lipinski definition) is 6. The van der Waals surface area contributed by atoms with Crippen LogP contribution in [0.4, 0.5) is 11.4 Å². The van der Waals surface area contributed by atoms with E-state index in [1.165, 1.54) is 120 Å². The third kappa shape index (κ3) is 8.20. The van der Waals surface area contributed by atoms with Crippen LogP contribution in [0, 0.1) is 0 Å². The van der Waals surface area contributed by atoms with Crippen LogP contribution in [0.15, 0.2) is 180 Å². The molecule has 12 nitrogen and oxygen atoms in total. The SMILES string of the molecule is CC(C)c1cc(CN=[N+]=[N-])cc(C(C)C)c1N1C(=O)c2ccc3c4ccc5c6c(ccc(c7ccc(c2c37)C1=O)c64)-c1cc2cc3c(cc2cc1-5)/C=C\c1cc2cc4c(cc2cc1CC3)-c1ccc2c3ccc5c6c(ccc(c7ccc-4c1c72)c63)C(=O)N(c1c(C(C)C)cc(CN=[N+]=[N-])cc1C(C)C)C5=O. The van der Waals surface area contributed by atoms with Gasteiger partial charge in [0, 0.05) is 42.8 Å². The predicted molar refractivity (Wildman–Crippen MR) is 433 cm³/mol. The van der Waals surface area contributed by atoms with Crippen molar-refractivity contribution in [3.63, 3.8) is 0 Å². The Labute approximate surface area is 608 Å². The van der Waals surface area contributed by atoms with Gasteiger partial charge in [0.1, 0.15) is 0 Å². The zero-order valence-electron chi connectivity index (χ0n) is 59.7. The fourth-order valence-electron chi connectivity index (χ4n) is 19.5. The lowest BCUT2D eigenvalue weighted by Crippen LogP contribution is -2.42. The number of nitrogens with zero attached hydrogens (tertiary/aromatic N) is 8. The number of amides is 4. The lowest BCUT2D eigenvalue weighted by Gasteiger charge is -2.33. The molecule has 0 fully saturated rings. The number of hydrogen-bond donors (Lipinski definition) is 0. The van der Waals surface area contributed by atoms with Crippen LogP contribution in [-0.4, -0.2) is 23.6 Å². The van der Waals surface area contributed by atoms with Gasteiger partial charge >= 0.3 is 0 Å². The molecule has 0 N–H and O–H groups in total. The number of benzene rings is 16. The zero-order chi connectivity index (χ0) is 72.0. The highest BCUT2D eigenvalue weighted by atomic mass is 16.2. The van der Waals surface area contributed by atoms with Crippen molar-refractivity contribution in [2.24, 2.45) is 10.2 Å². The second-order valence-corrected chi connectivity index (χ2v) is 31.2. The topological polar surface area (TPSA) is 172 Å². The van der Waals surface area contributed by atoms with Gasteiger partial charge in [-0.15, -0.1) is 0 Å². The maximum absolute atomic E-state index is 15.2. The summed E-state index contributed by atoms with van der Waals surface area (Å²) in [7, 11) is 0. The van der Waals surface area contributed by atoms with Crippen molar-refractivity contribution >= 4 is 155 Å². The Hall–Kier alpha value is -12.7. The van der Waals surface area contributed by atoms with Crippen LogP contribution in [-0.2, 0) is 25.9 Å². The number of anilines is 2. The molecule has 2 heterocycles. The first-order valence-corrected chi connectivity index (χ1v) is 36.9. The molecule has 0 saturated heterocycles. The summed E-state index contributed by atoms with van der Waals surface area (Å²) < 4.78 is 0. The number of fused-ring (bicyclic) bond motifs is 14. The predicted octanol–water partition coefficient (Wildman–Crippen LogP) is 25.4. The van der Waals surface area contributed by atoms with Crippen molar-refractivity contribution in [2.45, 2.75) is 105 Å². The quantitative estimate of drug-likeness (QED) is 0.0331. The molecular formula is C94H66N8O4. The molecule has 0 bridgehead atoms. The van der Waals surface area contributed by atoms with Gasteiger partial charge in [-0.3, -0.25) is 19.2 Å². The Kier molecular flexibility index (Phi) is 12.8. The molecule has 16 aromatic carbocycles. The molecule has 16 aromatic rings. The van der Waals surface area contributed by atoms with Crippen LogP contribution in [0.1, 0.15) is 176 Å². The molecule has 0 saturated carbocycles. The van der Waals surface area contributed by atoms with Crippen molar-refractivity contribution in [1.82, 2.24) is 0 Å². The smallest absolute Gasteiger partial charge is 0.266 e. The summed E-state index contributed by atoms with van der Waals surface area (Å²) in [5.74, 6) is -1.46. The van der Waals surface area contributed by atoms with E-state index >= 15 is 19.2 Å². The first-order valence-electron chi connectivity index (χ1n) is 36.9. The Bertz CT molecular complexity index is 6460. The highest BCUT2D eigenvalue weighted by Gasteiger charge is 2.42. The molecule has 506 valence electrons. The zero-order valence-corrected chi connectivity index (χ0v) is 59.7. The molecule has 0 aromatic heterocycles. The second-order valence-electron chi connectivity index (χ2n) is 31.2. The van der Waals surface area contributed by atoms with Crippen LogP contribution < -0.4 is 9.80 Å². The van der Waals surface area contributed by atoms with Crippen LogP contribution in [0.5, 0.6) is 0 Å². The number of imide groups is 2. The van der Waals surface area contributed by atoms with Gasteiger partial charge in [-0.05, 0) is 305 Å². The summed E-state index contributed by atoms with van der Waals surface area (Å²) in [4.78, 5) is 69.6. The molecule has 106 heavy (non-hydrogen) atoms. The van der Waals surface area contributed by atoms with E-state index in [9.17, 15) is 11.1 Å². The highest BCUT2D eigenvalue weighted by molar-refractivity contribution is 6.46. The van der Waals surface area contributed by atoms with E-state index in [1.54, 1.807) is 0 Å². The minimum atomic E-state index is -0.338. The van der Waals surface area contributed by atoms with Crippen molar-refractivity contribution in [1.29, 1.82) is 0 Å². The molecule has 0 atom stereocenters. The average molecular weight is 1370 g/mol. The lowest BCUT2D eigenvalue weighted by molar-refractivity contribution is 0.0877. The molecule has 2 aliphatic heterocycles. The van der Waals surface area contributed by atoms with E-state index < -0.39 is 0 Å². The molecule has 0 spiro atoms. The van der Waals surface area contributed by atoms with Gasteiger partial charge in [-0.25, -0.2) is 9.80 Å². The van der Waals surface area contributed by atoms with Crippen LogP contribution in [0.25, 0.3) is 185 Å². The van der Waals surface area contributed by atoms with Crippen molar-refractivity contribution < 1.29 is 19.2 Å². The first kappa shape index (κ1) is 61.9. The maximum Gasteiger partial charge on any atom is 0.266 e. The summed E-state index contributed by atoms with van der Waals surface area (Å²) in [5.41, 5.74) is 41.5. The number of azide groups is 2. The standard InChI is InChI=1S/C94H66N8O4/c1-43(2)73-29-47(41-97-99-95)30-74(44(3)4)89(73)101-91(103)69-25-21-61-57-13-17-65-77-37-53-33-49-9-11-51-35-55-39-79-67-19-15-59-63-23-27-71-88-72(94(106)102(93(71)105)90-75(45(5)6)31-48(42-98-100-96)32-76(90)46(7)8)28-24-64(84(63)88)60-16-20-68(86(67)82(59)60)80(79)40-56(55)36-52(51)12-10-50(49)34-54(53)38-78(77)66-18-14-58(81(57)85(65)66)62-22-26-70(92(101)104)87(69)83(61)62/h9,11,13-40,43-46H,10,12,41-42H2,1-8H3/b11-9-. The fraction of sp³-hybridized carbons (Fsp3) is 0.170. The van der Waals surface area contributed by atoms with Gasteiger partial charge in [-0.1, -0.05) is 187 Å². The van der Waals surface area contributed by atoms with Gasteiger partial charge in [0.25, 0.3) is 23.6 Å². The third-order valence-corrected chi connectivity index (χ3v) is 24.3. The number of carbonyl (C=O) groups excluding carboxylic acids is 4. The Balaban J connectivity index is 0.616. The van der Waals surface area contributed by atoms with Gasteiger partial charge in [0.15, 0.2) is 0 Å². The Morgan fingerprint density at radius 1 is 0.311 bits per heavy atom. The molecular weight excluding hydrogens is 1310 g/mol. The summed E-state index contributed by atoms with van der Waals surface area (Å²) >= 11 is 0. The molecule has 4 amide bonds. The van der Waals surface area contributed by atoms with Crippen LogP contribution >= 0.6 is 0 Å². The summed E-state index contributed by atoms with van der Waals surface area (Å²) in [6.45, 7) is 16.9. The minimum Gasteiger partial charge on any atom is -0.268 e. The fourth-order valence-corrected chi connectivity index (χ4v) is 19.5. The van der Waals surface area contributed by atoms with Crippen LogP contribution in [0.3, 0.4) is 0 Å². The van der Waals surface area contributed by atoms with Gasteiger partial charge in [-0.2, -0.15) is 0 Å². The summed E-state index contributed by atoms with van der Waals surface area (Å²) in [6, 6.07) is 61.3. The van der Waals surface area contributed by atoms with E-state index in [-0.39, 0.29) is 60.4 Å². The van der Waals surface area contributed by atoms with Crippen molar-refractivity contribution in [3.8, 4) is 44.5 Å². The molecule has 21 rings (SSSR count). The number of rotatable bonds is 10. The van der Waals surface area contributed by atoms with E-state index in [0.29, 0.717) is 44.4 Å². The molecule has 12 heteroatoms. The van der Waals surface area contributed by atoms with Gasteiger partial charge in [0.05, 0.1) is 24.5 Å². The second kappa shape index (κ2) is 21.9. The summed E-state index contributed by atoms with van der Waals surface area (Å²) in [5, 5.41) is 29.1. The van der Waals surface area contributed by atoms with E-state index in [4.69, 9.17) is 0 Å². The van der Waals surface area contributed by atoms with Crippen molar-refractivity contribution in [2.75, 3.05) is 9.80 Å². The number of aryl methyl sites for hydroxylation is 2. The lowest BCUT2D eigenvalue weighted by atomic mass is 9.83. The minimum absolute atomic E-state index is 0.0270. The van der Waals surface area contributed by atoms with E-state index in [2.05, 4.69) is 209 Å². The molecule has 0 unspecified atom stereocenters. The normalized spacial score (nSPS) is 14.5. The Morgan fingerprint density at radius 2 is 0.557 bits per heavy atom. The monoisotopic (exact) mass is 1370 g/mol. The molecule has 5 aliphatic rings. The number of carbonyl (C=O) groups is 4. The van der Waals surface area contributed by atoms with Crippen molar-refractivity contribution in [3.05, 3.63) is 269 Å². The van der Waals surface area contributed by atoms with Gasteiger partial charge < -0.3 is 0 Å². The first-order chi connectivity index (χ1) is 51.5. The third-order valence-electron chi connectivity index (χ3n) is 24.3. The van der Waals surface area contributed by atoms with E-state index in [1.807, 2.05) is 48.5 Å². The highest BCUT2D eigenvalue weighted by Crippen LogP contribution is 2.58. The maximum atomic E-state index is 15.2. The van der Waals surface area contributed by atoms with Gasteiger partial charge in [0.2, 0.25) is 0 Å². The molecule has 0 radical (unpaired) electrons. The molecule has 3 aliphatic carbocycles. The average Bonchev–Trinajstić information content (AvgIpc) is 1.29. The summed E-state index contributed by atoms with van der Waals surface area (Å²) in [6.07, 6.45) is 6.40. The largest absolute Gasteiger partial charge is 0.268 e.